The number of benzene rings is 1. The lowest BCUT2D eigenvalue weighted by Gasteiger charge is -2.48. The Balaban J connectivity index is 1.60. The summed E-state index contributed by atoms with van der Waals surface area (Å²) in [5.41, 5.74) is 1.45. The van der Waals surface area contributed by atoms with Gasteiger partial charge in [0.15, 0.2) is 5.78 Å². The first-order chi connectivity index (χ1) is 26.1. The summed E-state index contributed by atoms with van der Waals surface area (Å²) in [4.78, 5) is 43.4. The largest absolute Gasteiger partial charge is 0.481 e. The Morgan fingerprint density at radius 2 is 1.62 bits per heavy atom. The van der Waals surface area contributed by atoms with Crippen LogP contribution in [-0.4, -0.2) is 83.7 Å². The van der Waals surface area contributed by atoms with Gasteiger partial charge in [0.1, 0.15) is 6.10 Å². The first-order valence-electron chi connectivity index (χ1n) is 21.6. The summed E-state index contributed by atoms with van der Waals surface area (Å²) in [5, 5.41) is 23.0. The number of nitrogens with zero attached hydrogens (tertiary/aromatic N) is 2. The van der Waals surface area contributed by atoms with Crippen LogP contribution in [0.1, 0.15) is 144 Å². The first-order valence-corrected chi connectivity index (χ1v) is 22.0. The standard InChI is InChI=1S/C47H75ClN2O6/c1-32(2)42-37-16-11-14-35-15-12-17-40(56-41(53)29-45(6,7)43(54)55)44(4,5)23-13-24-46(35,8)33(3)22-25-47(37,28-38(42)51)39(52)31-50(27-26-49(9)10)30-34-18-20-36(48)21-19-34/h18-21,32-33,35,39-40,52H,11-17,22-31H2,1-10H3,(H,54,55). The lowest BCUT2D eigenvalue weighted by molar-refractivity contribution is -0.164. The van der Waals surface area contributed by atoms with Crippen LogP contribution in [-0.2, 0) is 25.7 Å². The number of carboxylic acids is 1. The monoisotopic (exact) mass is 799 g/mol. The highest BCUT2D eigenvalue weighted by Gasteiger charge is 2.52. The van der Waals surface area contributed by atoms with E-state index in [0.717, 1.165) is 94.9 Å². The molecule has 2 N–H and O–H groups in total. The number of ketones is 1. The Morgan fingerprint density at radius 1 is 0.964 bits per heavy atom. The normalized spacial score (nSPS) is 28.6. The summed E-state index contributed by atoms with van der Waals surface area (Å²) < 4.78 is 6.13. The Kier molecular flexibility index (Phi) is 15.9. The molecule has 4 rings (SSSR count). The number of fused-ring (bicyclic) bond motifs is 2. The van der Waals surface area contributed by atoms with E-state index in [1.165, 1.54) is 5.57 Å². The predicted molar refractivity (Wildman–Crippen MR) is 226 cm³/mol. The van der Waals surface area contributed by atoms with Crippen molar-refractivity contribution in [3.05, 3.63) is 46.0 Å². The molecule has 0 amide bonds. The Hall–Kier alpha value is -2.26. The molecule has 0 heterocycles. The summed E-state index contributed by atoms with van der Waals surface area (Å²) in [5.74, 6) is -0.221. The molecule has 0 spiro atoms. The molecule has 56 heavy (non-hydrogen) atoms. The lowest BCUT2D eigenvalue weighted by atomic mass is 9.58. The number of hydrogen-bond acceptors (Lipinski definition) is 7. The van der Waals surface area contributed by atoms with Gasteiger partial charge < -0.3 is 19.8 Å². The second-order valence-corrected chi connectivity index (χ2v) is 20.6. The quantitative estimate of drug-likeness (QED) is 0.190. The molecule has 1 aromatic rings. The second kappa shape index (κ2) is 19.2. The molecule has 6 atom stereocenters. The maximum atomic E-state index is 14.1. The van der Waals surface area contributed by atoms with E-state index in [1.807, 2.05) is 12.1 Å². The molecule has 1 aromatic carbocycles. The van der Waals surface area contributed by atoms with Crippen molar-refractivity contribution >= 4 is 29.3 Å². The van der Waals surface area contributed by atoms with Crippen LogP contribution in [0.25, 0.3) is 0 Å². The summed E-state index contributed by atoms with van der Waals surface area (Å²) >= 11 is 6.23. The maximum Gasteiger partial charge on any atom is 0.309 e. The van der Waals surface area contributed by atoms with Crippen molar-refractivity contribution in [1.82, 2.24) is 9.80 Å². The molecule has 0 bridgehead atoms. The van der Waals surface area contributed by atoms with Crippen LogP contribution in [0.15, 0.2) is 35.4 Å². The van der Waals surface area contributed by atoms with Crippen LogP contribution in [0.3, 0.4) is 0 Å². The Labute approximate surface area is 344 Å². The highest BCUT2D eigenvalue weighted by molar-refractivity contribution is 6.30. The average molecular weight is 800 g/mol. The van der Waals surface area contributed by atoms with Crippen molar-refractivity contribution < 1.29 is 29.3 Å². The van der Waals surface area contributed by atoms with E-state index in [9.17, 15) is 24.6 Å². The third kappa shape index (κ3) is 11.3. The van der Waals surface area contributed by atoms with Crippen molar-refractivity contribution in [3.63, 3.8) is 0 Å². The molecule has 9 heteroatoms. The number of aliphatic hydroxyl groups is 1. The van der Waals surface area contributed by atoms with Crippen LogP contribution in [0.2, 0.25) is 5.02 Å². The van der Waals surface area contributed by atoms with Crippen molar-refractivity contribution in [2.45, 2.75) is 158 Å². The van der Waals surface area contributed by atoms with Crippen molar-refractivity contribution in [3.8, 4) is 0 Å². The molecule has 0 aromatic heterocycles. The number of carbonyl (C=O) groups excluding carboxylic acids is 2. The number of aliphatic hydroxyl groups excluding tert-OH is 1. The van der Waals surface area contributed by atoms with E-state index in [1.54, 1.807) is 13.8 Å². The summed E-state index contributed by atoms with van der Waals surface area (Å²) in [6.07, 6.45) is 9.68. The third-order valence-corrected chi connectivity index (χ3v) is 14.7. The fraction of sp³-hybridized carbons (Fsp3) is 0.766. The molecule has 8 nitrogen and oxygen atoms in total. The van der Waals surface area contributed by atoms with Crippen LogP contribution >= 0.6 is 11.6 Å². The zero-order chi connectivity index (χ0) is 41.6. The van der Waals surface area contributed by atoms with Gasteiger partial charge in [0.05, 0.1) is 17.9 Å². The van der Waals surface area contributed by atoms with Gasteiger partial charge in [-0.1, -0.05) is 77.3 Å². The molecule has 2 saturated carbocycles. The summed E-state index contributed by atoms with van der Waals surface area (Å²) in [6.45, 7) is 19.6. The van der Waals surface area contributed by atoms with Gasteiger partial charge in [-0.15, -0.1) is 0 Å². The van der Waals surface area contributed by atoms with Gasteiger partial charge in [-0.25, -0.2) is 0 Å². The number of carboxylic acid groups (broad SMARTS) is 1. The Morgan fingerprint density at radius 3 is 2.25 bits per heavy atom. The maximum absolute atomic E-state index is 14.1. The van der Waals surface area contributed by atoms with Gasteiger partial charge in [0.25, 0.3) is 0 Å². The SMILES string of the molecule is CC(C)C1=C2CCCC3CCCC(OC(=O)CC(C)(C)C(=O)O)C(C)(C)CCCC3(C)C(C)CCC2(C(O)CN(CCN(C)C)Cc2ccc(Cl)cc2)CC1=O. The second-order valence-electron chi connectivity index (χ2n) is 20.1. The van der Waals surface area contributed by atoms with E-state index in [4.69, 9.17) is 16.3 Å². The molecule has 316 valence electrons. The molecule has 3 aliphatic carbocycles. The van der Waals surface area contributed by atoms with Gasteiger partial charge in [-0.3, -0.25) is 19.3 Å². The summed E-state index contributed by atoms with van der Waals surface area (Å²) in [6, 6.07) is 7.98. The van der Waals surface area contributed by atoms with Crippen molar-refractivity contribution in [2.24, 2.45) is 39.4 Å². The van der Waals surface area contributed by atoms with Crippen molar-refractivity contribution in [1.29, 1.82) is 0 Å². The number of hydrogen-bond donors (Lipinski definition) is 2. The minimum Gasteiger partial charge on any atom is -0.481 e. The number of Topliss-reactive ketones (excluding diaryl/α,β-unsaturated/α-hetero) is 1. The smallest absolute Gasteiger partial charge is 0.309 e. The van der Waals surface area contributed by atoms with Crippen LogP contribution in [0, 0.1) is 39.4 Å². The number of ether oxygens (including phenoxy) is 1. The van der Waals surface area contributed by atoms with E-state index in [-0.39, 0.29) is 35.1 Å². The predicted octanol–water partition coefficient (Wildman–Crippen LogP) is 9.99. The molecular formula is C47H75ClN2O6. The number of aliphatic carboxylic acids is 1. The van der Waals surface area contributed by atoms with Gasteiger partial charge in [-0.05, 0) is 139 Å². The minimum atomic E-state index is -1.17. The Bertz CT molecular complexity index is 1540. The van der Waals surface area contributed by atoms with Crippen LogP contribution < -0.4 is 0 Å². The lowest BCUT2D eigenvalue weighted by Crippen LogP contribution is -2.46. The van der Waals surface area contributed by atoms with Crippen LogP contribution in [0.5, 0.6) is 0 Å². The number of esters is 1. The number of likely N-dealkylation sites (N-methyl/N-ethyl adjacent to an activating group) is 1. The number of carbonyl (C=O) groups is 3. The highest BCUT2D eigenvalue weighted by Crippen LogP contribution is 2.56. The number of rotatable bonds is 13. The van der Waals surface area contributed by atoms with Crippen LogP contribution in [0.4, 0.5) is 0 Å². The topological polar surface area (TPSA) is 107 Å². The zero-order valence-corrected chi connectivity index (χ0v) is 37.3. The fourth-order valence-electron chi connectivity index (χ4n) is 10.4. The fourth-order valence-corrected chi connectivity index (χ4v) is 10.5. The molecule has 3 aliphatic rings. The molecular weight excluding hydrogens is 724 g/mol. The number of allylic oxidation sites excluding steroid dienone is 1. The third-order valence-electron chi connectivity index (χ3n) is 14.5. The summed E-state index contributed by atoms with van der Waals surface area (Å²) in [7, 11) is 4.16. The van der Waals surface area contributed by atoms with E-state index >= 15 is 0 Å². The van der Waals surface area contributed by atoms with E-state index in [2.05, 4.69) is 77.6 Å². The molecule has 0 aliphatic heterocycles. The minimum absolute atomic E-state index is 0.0916. The van der Waals surface area contributed by atoms with E-state index in [0.29, 0.717) is 36.4 Å². The number of halogens is 1. The molecule has 2 fully saturated rings. The van der Waals surface area contributed by atoms with Gasteiger partial charge >= 0.3 is 11.9 Å². The molecule has 6 unspecified atom stereocenters. The van der Waals surface area contributed by atoms with E-state index < -0.39 is 28.9 Å². The first kappa shape index (κ1) is 46.4. The van der Waals surface area contributed by atoms with Gasteiger partial charge in [-0.2, -0.15) is 0 Å². The highest BCUT2D eigenvalue weighted by atomic mass is 35.5. The van der Waals surface area contributed by atoms with Crippen molar-refractivity contribution in [2.75, 3.05) is 33.7 Å². The molecule has 0 radical (unpaired) electrons. The van der Waals surface area contributed by atoms with Gasteiger partial charge in [0.2, 0.25) is 0 Å². The van der Waals surface area contributed by atoms with Gasteiger partial charge in [0, 0.05) is 48.5 Å². The zero-order valence-electron chi connectivity index (χ0n) is 36.5. The average Bonchev–Trinajstić information content (AvgIpc) is 3.39. The molecule has 0 saturated heterocycles.